The van der Waals surface area contributed by atoms with Crippen molar-refractivity contribution in [2.75, 3.05) is 5.75 Å². The van der Waals surface area contributed by atoms with Crippen molar-refractivity contribution in [3.05, 3.63) is 101 Å². The first-order valence-electron chi connectivity index (χ1n) is 11.7. The van der Waals surface area contributed by atoms with E-state index in [1.165, 1.54) is 11.8 Å². The van der Waals surface area contributed by atoms with Crippen LogP contribution in [-0.2, 0) is 22.6 Å². The normalized spacial score (nSPS) is 12.1. The lowest BCUT2D eigenvalue weighted by Gasteiger charge is -2.34. The quantitative estimate of drug-likeness (QED) is 0.345. The summed E-state index contributed by atoms with van der Waals surface area (Å²) in [5.74, 6) is -0.0142. The first-order valence-corrected chi connectivity index (χ1v) is 13.1. The van der Waals surface area contributed by atoms with E-state index < -0.39 is 11.6 Å². The molecule has 184 valence electrons. The molecule has 2 amide bonds. The molecular weight excluding hydrogens is 476 g/mol. The zero-order valence-electron chi connectivity index (χ0n) is 20.8. The molecule has 0 spiro atoms. The van der Waals surface area contributed by atoms with E-state index in [1.807, 2.05) is 107 Å². The van der Waals surface area contributed by atoms with E-state index in [0.717, 1.165) is 21.6 Å². The maximum absolute atomic E-state index is 13.7. The number of thioether (sulfide) groups is 1. The molecule has 0 radical (unpaired) electrons. The van der Waals surface area contributed by atoms with Crippen molar-refractivity contribution in [2.45, 2.75) is 57.1 Å². The number of hydrogen-bond acceptors (Lipinski definition) is 3. The van der Waals surface area contributed by atoms with Gasteiger partial charge < -0.3 is 10.2 Å². The van der Waals surface area contributed by atoms with Crippen LogP contribution in [-0.4, -0.2) is 34.0 Å². The number of halogens is 1. The Balaban J connectivity index is 1.93. The largest absolute Gasteiger partial charge is 0.350 e. The summed E-state index contributed by atoms with van der Waals surface area (Å²) in [7, 11) is 0. The predicted molar refractivity (Wildman–Crippen MR) is 146 cm³/mol. The molecule has 0 saturated heterocycles. The van der Waals surface area contributed by atoms with Crippen LogP contribution >= 0.6 is 23.4 Å². The lowest BCUT2D eigenvalue weighted by molar-refractivity contribution is -0.140. The zero-order valence-corrected chi connectivity index (χ0v) is 22.3. The average molecular weight is 509 g/mol. The van der Waals surface area contributed by atoms with E-state index in [2.05, 4.69) is 5.32 Å². The Morgan fingerprint density at radius 2 is 1.57 bits per heavy atom. The third-order valence-corrected chi connectivity index (χ3v) is 6.80. The van der Waals surface area contributed by atoms with Gasteiger partial charge in [0.25, 0.3) is 0 Å². The summed E-state index contributed by atoms with van der Waals surface area (Å²) in [6.07, 6.45) is 0.436. The van der Waals surface area contributed by atoms with Gasteiger partial charge in [0.2, 0.25) is 11.8 Å². The molecule has 35 heavy (non-hydrogen) atoms. The number of rotatable bonds is 9. The van der Waals surface area contributed by atoms with Crippen molar-refractivity contribution in [2.24, 2.45) is 0 Å². The van der Waals surface area contributed by atoms with Crippen LogP contribution in [0.25, 0.3) is 0 Å². The van der Waals surface area contributed by atoms with Crippen LogP contribution in [0.1, 0.15) is 37.5 Å². The topological polar surface area (TPSA) is 49.4 Å². The molecule has 0 aliphatic heterocycles. The molecule has 1 unspecified atom stereocenters. The molecule has 0 heterocycles. The molecule has 0 aliphatic carbocycles. The summed E-state index contributed by atoms with van der Waals surface area (Å²) in [5, 5.41) is 3.76. The molecule has 0 fully saturated rings. The second kappa shape index (κ2) is 12.3. The summed E-state index contributed by atoms with van der Waals surface area (Å²) in [6, 6.07) is 24.6. The van der Waals surface area contributed by atoms with Crippen LogP contribution in [0, 0.1) is 6.92 Å². The third kappa shape index (κ3) is 8.44. The van der Waals surface area contributed by atoms with Crippen LogP contribution in [0.5, 0.6) is 0 Å². The highest BCUT2D eigenvalue weighted by Gasteiger charge is 2.32. The highest BCUT2D eigenvalue weighted by molar-refractivity contribution is 8.00. The van der Waals surface area contributed by atoms with E-state index in [9.17, 15) is 9.59 Å². The maximum atomic E-state index is 13.7. The number of aryl methyl sites for hydroxylation is 1. The van der Waals surface area contributed by atoms with Gasteiger partial charge in [-0.3, -0.25) is 9.59 Å². The molecule has 6 heteroatoms. The van der Waals surface area contributed by atoms with Crippen molar-refractivity contribution < 1.29 is 9.59 Å². The number of hydrogen-bond donors (Lipinski definition) is 1. The van der Waals surface area contributed by atoms with E-state index in [-0.39, 0.29) is 17.6 Å². The van der Waals surface area contributed by atoms with E-state index in [0.29, 0.717) is 18.0 Å². The number of carbonyl (C=O) groups is 2. The Morgan fingerprint density at radius 3 is 2.20 bits per heavy atom. The van der Waals surface area contributed by atoms with Gasteiger partial charge in [-0.15, -0.1) is 11.8 Å². The van der Waals surface area contributed by atoms with Crippen molar-refractivity contribution >= 4 is 35.2 Å². The van der Waals surface area contributed by atoms with E-state index >= 15 is 0 Å². The Kier molecular flexibility index (Phi) is 9.41. The summed E-state index contributed by atoms with van der Waals surface area (Å²) in [5.41, 5.74) is 2.71. The monoisotopic (exact) mass is 508 g/mol. The minimum atomic E-state index is -0.644. The van der Waals surface area contributed by atoms with Gasteiger partial charge in [-0.25, -0.2) is 0 Å². The third-order valence-electron chi connectivity index (χ3n) is 5.55. The van der Waals surface area contributed by atoms with Gasteiger partial charge in [-0.2, -0.15) is 0 Å². The van der Waals surface area contributed by atoms with Crippen LogP contribution in [0.4, 0.5) is 0 Å². The highest BCUT2D eigenvalue weighted by atomic mass is 35.5. The maximum Gasteiger partial charge on any atom is 0.243 e. The smallest absolute Gasteiger partial charge is 0.243 e. The van der Waals surface area contributed by atoms with Gasteiger partial charge in [0.1, 0.15) is 6.04 Å². The number of benzene rings is 3. The molecule has 3 rings (SSSR count). The standard InChI is InChI=1S/C29H33ClN2O2S/c1-21-10-8-9-13-23(21)19-32(27(33)20-35-25-16-14-24(30)15-17-25)26(28(34)31-29(2,3)4)18-22-11-6-5-7-12-22/h5-17,26H,18-20H2,1-4H3,(H,31,34). The van der Waals surface area contributed by atoms with Gasteiger partial charge in [0.05, 0.1) is 5.75 Å². The average Bonchev–Trinajstić information content (AvgIpc) is 2.81. The molecule has 3 aromatic carbocycles. The Bertz CT molecular complexity index is 1130. The summed E-state index contributed by atoms with van der Waals surface area (Å²) in [4.78, 5) is 30.0. The number of amides is 2. The molecule has 1 atom stereocenters. The predicted octanol–water partition coefficient (Wildman–Crippen LogP) is 6.30. The molecule has 0 bridgehead atoms. The SMILES string of the molecule is Cc1ccccc1CN(C(=O)CSc1ccc(Cl)cc1)C(Cc1ccccc1)C(=O)NC(C)(C)C. The van der Waals surface area contributed by atoms with Crippen LogP contribution < -0.4 is 5.32 Å². The molecule has 0 aromatic heterocycles. The van der Waals surface area contributed by atoms with Gasteiger partial charge in [-0.1, -0.05) is 66.2 Å². The van der Waals surface area contributed by atoms with Gasteiger partial charge in [-0.05, 0) is 68.7 Å². The van der Waals surface area contributed by atoms with Crippen molar-refractivity contribution in [3.63, 3.8) is 0 Å². The molecule has 0 saturated carbocycles. The summed E-state index contributed by atoms with van der Waals surface area (Å²) in [6.45, 7) is 8.25. The van der Waals surface area contributed by atoms with Crippen molar-refractivity contribution in [1.29, 1.82) is 0 Å². The summed E-state index contributed by atoms with van der Waals surface area (Å²) < 4.78 is 0. The van der Waals surface area contributed by atoms with E-state index in [4.69, 9.17) is 11.6 Å². The minimum Gasteiger partial charge on any atom is -0.350 e. The van der Waals surface area contributed by atoms with Gasteiger partial charge in [0.15, 0.2) is 0 Å². The fraction of sp³-hybridized carbons (Fsp3) is 0.310. The van der Waals surface area contributed by atoms with Crippen LogP contribution in [0.2, 0.25) is 5.02 Å². The Labute approximate surface area is 218 Å². The number of nitrogens with one attached hydrogen (secondary N) is 1. The second-order valence-corrected chi connectivity index (χ2v) is 11.1. The second-order valence-electron chi connectivity index (χ2n) is 9.64. The van der Waals surface area contributed by atoms with E-state index in [1.54, 1.807) is 4.90 Å². The number of nitrogens with zero attached hydrogens (tertiary/aromatic N) is 1. The van der Waals surface area contributed by atoms with Crippen LogP contribution in [0.15, 0.2) is 83.8 Å². The highest BCUT2D eigenvalue weighted by Crippen LogP contribution is 2.23. The summed E-state index contributed by atoms with van der Waals surface area (Å²) >= 11 is 7.45. The lowest BCUT2D eigenvalue weighted by atomic mass is 10.00. The minimum absolute atomic E-state index is 0.0850. The fourth-order valence-electron chi connectivity index (χ4n) is 3.74. The first kappa shape index (κ1) is 26.8. The van der Waals surface area contributed by atoms with Crippen molar-refractivity contribution in [1.82, 2.24) is 10.2 Å². The molecule has 3 aromatic rings. The Hall–Kier alpha value is -2.76. The lowest BCUT2D eigenvalue weighted by Crippen LogP contribution is -2.54. The Morgan fingerprint density at radius 1 is 0.943 bits per heavy atom. The van der Waals surface area contributed by atoms with Crippen LogP contribution in [0.3, 0.4) is 0 Å². The first-order chi connectivity index (χ1) is 16.6. The van der Waals surface area contributed by atoms with Gasteiger partial charge in [0, 0.05) is 28.4 Å². The van der Waals surface area contributed by atoms with Gasteiger partial charge >= 0.3 is 0 Å². The molecule has 0 aliphatic rings. The zero-order chi connectivity index (χ0) is 25.4. The molecule has 4 nitrogen and oxygen atoms in total. The fourth-order valence-corrected chi connectivity index (χ4v) is 4.65. The molecule has 1 N–H and O–H groups in total. The molecular formula is C29H33ClN2O2S. The number of carbonyl (C=O) groups excluding carboxylic acids is 2. The van der Waals surface area contributed by atoms with Crippen molar-refractivity contribution in [3.8, 4) is 0 Å².